The molecule has 0 bridgehead atoms. The van der Waals surface area contributed by atoms with E-state index in [4.69, 9.17) is 10.9 Å². The second-order valence-electron chi connectivity index (χ2n) is 4.87. The van der Waals surface area contributed by atoms with Crippen LogP contribution in [0.25, 0.3) is 0 Å². The molecule has 0 spiro atoms. The van der Waals surface area contributed by atoms with Crippen LogP contribution < -0.4 is 5.73 Å². The fraction of sp³-hybridized carbons (Fsp3) is 0.615. The van der Waals surface area contributed by atoms with Gasteiger partial charge in [-0.15, -0.1) is 11.3 Å². The van der Waals surface area contributed by atoms with E-state index in [0.29, 0.717) is 18.2 Å². The molecule has 0 radical (unpaired) electrons. The zero-order valence-corrected chi connectivity index (χ0v) is 12.0. The third-order valence-corrected chi connectivity index (χ3v) is 3.63. The molecule has 0 aliphatic heterocycles. The number of oxime groups is 1. The van der Waals surface area contributed by atoms with Gasteiger partial charge in [-0.05, 0) is 23.8 Å². The molecular formula is C13H23N3OS. The van der Waals surface area contributed by atoms with Crippen LogP contribution >= 0.6 is 11.3 Å². The molecule has 0 amide bonds. The molecule has 0 unspecified atom stereocenters. The molecule has 0 aliphatic rings. The van der Waals surface area contributed by atoms with E-state index in [-0.39, 0.29) is 0 Å². The highest BCUT2D eigenvalue weighted by atomic mass is 32.1. The molecule has 0 fully saturated rings. The standard InChI is InChI=1S/C13H23N3OS/c1-11(2)10-16(8-6-13(14)15-17)7-5-12-4-3-9-18-12/h3-4,9,11,17H,5-8,10H2,1-2H3,(H2,14,15). The molecule has 4 nitrogen and oxygen atoms in total. The summed E-state index contributed by atoms with van der Waals surface area (Å²) in [5.74, 6) is 0.931. The molecule has 102 valence electrons. The Kier molecular flexibility index (Phi) is 6.75. The number of hydrogen-bond donors (Lipinski definition) is 2. The monoisotopic (exact) mass is 269 g/mol. The fourth-order valence-electron chi connectivity index (χ4n) is 1.86. The van der Waals surface area contributed by atoms with Crippen LogP contribution in [0.3, 0.4) is 0 Å². The normalized spacial score (nSPS) is 12.6. The minimum absolute atomic E-state index is 0.305. The number of thiophene rings is 1. The van der Waals surface area contributed by atoms with Crippen molar-refractivity contribution in [2.45, 2.75) is 26.7 Å². The van der Waals surface area contributed by atoms with Crippen LogP contribution in [0.1, 0.15) is 25.1 Å². The van der Waals surface area contributed by atoms with Gasteiger partial charge in [0.1, 0.15) is 5.84 Å². The lowest BCUT2D eigenvalue weighted by molar-refractivity contribution is 0.252. The maximum atomic E-state index is 8.56. The smallest absolute Gasteiger partial charge is 0.140 e. The molecule has 0 aromatic carbocycles. The summed E-state index contributed by atoms with van der Waals surface area (Å²) in [5.41, 5.74) is 5.52. The zero-order chi connectivity index (χ0) is 13.4. The summed E-state index contributed by atoms with van der Waals surface area (Å²) in [5, 5.41) is 13.7. The fourth-order valence-corrected chi connectivity index (χ4v) is 2.55. The van der Waals surface area contributed by atoms with Crippen molar-refractivity contribution in [1.82, 2.24) is 4.90 Å². The van der Waals surface area contributed by atoms with Gasteiger partial charge < -0.3 is 15.8 Å². The summed E-state index contributed by atoms with van der Waals surface area (Å²) in [6.07, 6.45) is 1.69. The average molecular weight is 269 g/mol. The van der Waals surface area contributed by atoms with Gasteiger partial charge in [0.15, 0.2) is 0 Å². The highest BCUT2D eigenvalue weighted by molar-refractivity contribution is 7.09. The summed E-state index contributed by atoms with van der Waals surface area (Å²) in [4.78, 5) is 3.79. The van der Waals surface area contributed by atoms with Crippen LogP contribution in [0.5, 0.6) is 0 Å². The second-order valence-corrected chi connectivity index (χ2v) is 5.90. The predicted molar refractivity (Wildman–Crippen MR) is 77.3 cm³/mol. The first-order chi connectivity index (χ1) is 8.61. The van der Waals surface area contributed by atoms with E-state index in [0.717, 1.165) is 26.1 Å². The molecule has 1 aromatic rings. The lowest BCUT2D eigenvalue weighted by Crippen LogP contribution is -2.33. The Hall–Kier alpha value is -1.07. The molecule has 0 saturated heterocycles. The Bertz CT molecular complexity index is 349. The van der Waals surface area contributed by atoms with Gasteiger partial charge in [0.05, 0.1) is 0 Å². The summed E-state index contributed by atoms with van der Waals surface area (Å²) in [6, 6.07) is 4.25. The van der Waals surface area contributed by atoms with Crippen molar-refractivity contribution < 1.29 is 5.21 Å². The average Bonchev–Trinajstić information content (AvgIpc) is 2.84. The first kappa shape index (κ1) is 15.0. The van der Waals surface area contributed by atoms with Crippen molar-refractivity contribution in [3.8, 4) is 0 Å². The van der Waals surface area contributed by atoms with Crippen molar-refractivity contribution >= 4 is 17.2 Å². The topological polar surface area (TPSA) is 61.8 Å². The molecule has 18 heavy (non-hydrogen) atoms. The highest BCUT2D eigenvalue weighted by Crippen LogP contribution is 2.10. The summed E-state index contributed by atoms with van der Waals surface area (Å²) >= 11 is 1.80. The quantitative estimate of drug-likeness (QED) is 0.330. The molecule has 1 aromatic heterocycles. The zero-order valence-electron chi connectivity index (χ0n) is 11.2. The first-order valence-corrected chi connectivity index (χ1v) is 7.21. The molecule has 1 heterocycles. The predicted octanol–water partition coefficient (Wildman–Crippen LogP) is 2.39. The van der Waals surface area contributed by atoms with Gasteiger partial charge in [0.25, 0.3) is 0 Å². The number of rotatable bonds is 8. The van der Waals surface area contributed by atoms with E-state index >= 15 is 0 Å². The third kappa shape index (κ3) is 6.02. The van der Waals surface area contributed by atoms with E-state index in [1.165, 1.54) is 4.88 Å². The van der Waals surface area contributed by atoms with Crippen molar-refractivity contribution in [3.63, 3.8) is 0 Å². The maximum absolute atomic E-state index is 8.56. The molecular weight excluding hydrogens is 246 g/mol. The second kappa shape index (κ2) is 8.11. The Balaban J connectivity index is 2.39. The van der Waals surface area contributed by atoms with Gasteiger partial charge in [-0.1, -0.05) is 25.1 Å². The van der Waals surface area contributed by atoms with Gasteiger partial charge in [0.2, 0.25) is 0 Å². The van der Waals surface area contributed by atoms with Gasteiger partial charge in [0, 0.05) is 30.9 Å². The summed E-state index contributed by atoms with van der Waals surface area (Å²) in [7, 11) is 0. The molecule has 5 heteroatoms. The highest BCUT2D eigenvalue weighted by Gasteiger charge is 2.09. The number of amidine groups is 1. The summed E-state index contributed by atoms with van der Waals surface area (Å²) < 4.78 is 0. The van der Waals surface area contributed by atoms with Crippen LogP contribution in [0.4, 0.5) is 0 Å². The molecule has 1 rings (SSSR count). The van der Waals surface area contributed by atoms with Gasteiger partial charge in [-0.25, -0.2) is 0 Å². The van der Waals surface area contributed by atoms with E-state index in [1.54, 1.807) is 11.3 Å². The lowest BCUT2D eigenvalue weighted by atomic mass is 10.2. The minimum Gasteiger partial charge on any atom is -0.409 e. The Morgan fingerprint density at radius 3 is 2.83 bits per heavy atom. The third-order valence-electron chi connectivity index (χ3n) is 2.69. The Morgan fingerprint density at radius 2 is 2.28 bits per heavy atom. The molecule has 0 atom stereocenters. The van der Waals surface area contributed by atoms with Gasteiger partial charge >= 0.3 is 0 Å². The summed E-state index contributed by atoms with van der Waals surface area (Å²) in [6.45, 7) is 7.34. The van der Waals surface area contributed by atoms with Crippen molar-refractivity contribution in [2.24, 2.45) is 16.8 Å². The van der Waals surface area contributed by atoms with E-state index < -0.39 is 0 Å². The number of hydrogen-bond acceptors (Lipinski definition) is 4. The van der Waals surface area contributed by atoms with Crippen LogP contribution in [-0.4, -0.2) is 35.6 Å². The van der Waals surface area contributed by atoms with Gasteiger partial charge in [-0.2, -0.15) is 0 Å². The lowest BCUT2D eigenvalue weighted by Gasteiger charge is -2.23. The first-order valence-electron chi connectivity index (χ1n) is 6.33. The van der Waals surface area contributed by atoms with Crippen LogP contribution in [0, 0.1) is 5.92 Å². The van der Waals surface area contributed by atoms with Crippen molar-refractivity contribution in [1.29, 1.82) is 0 Å². The maximum Gasteiger partial charge on any atom is 0.140 e. The van der Waals surface area contributed by atoms with Gasteiger partial charge in [-0.3, -0.25) is 0 Å². The molecule has 0 aliphatic carbocycles. The van der Waals surface area contributed by atoms with Crippen molar-refractivity contribution in [3.05, 3.63) is 22.4 Å². The Morgan fingerprint density at radius 1 is 1.50 bits per heavy atom. The SMILES string of the molecule is CC(C)CN(CCC(N)=NO)CCc1cccs1. The number of nitrogens with two attached hydrogens (primary N) is 1. The largest absolute Gasteiger partial charge is 0.409 e. The van der Waals surface area contributed by atoms with Crippen LogP contribution in [-0.2, 0) is 6.42 Å². The van der Waals surface area contributed by atoms with Crippen molar-refractivity contribution in [2.75, 3.05) is 19.6 Å². The Labute approximate surface area is 113 Å². The van der Waals surface area contributed by atoms with E-state index in [9.17, 15) is 0 Å². The molecule has 0 saturated carbocycles. The number of nitrogens with zero attached hydrogens (tertiary/aromatic N) is 2. The van der Waals surface area contributed by atoms with E-state index in [1.807, 2.05) is 0 Å². The van der Waals surface area contributed by atoms with Crippen LogP contribution in [0.2, 0.25) is 0 Å². The van der Waals surface area contributed by atoms with E-state index in [2.05, 4.69) is 41.4 Å². The minimum atomic E-state index is 0.305. The molecule has 3 N–H and O–H groups in total. The van der Waals surface area contributed by atoms with Crippen LogP contribution in [0.15, 0.2) is 22.7 Å².